The molecule has 0 radical (unpaired) electrons. The third-order valence-corrected chi connectivity index (χ3v) is 4.88. The van der Waals surface area contributed by atoms with E-state index in [1.807, 2.05) is 0 Å². The van der Waals surface area contributed by atoms with E-state index in [4.69, 9.17) is 10.5 Å². The molecule has 0 atom stereocenters. The first-order chi connectivity index (χ1) is 14.6. The molecule has 31 heavy (non-hydrogen) atoms. The summed E-state index contributed by atoms with van der Waals surface area (Å²) in [6.45, 7) is 7.05. The highest BCUT2D eigenvalue weighted by Gasteiger charge is 2.20. The number of nitrogens with zero attached hydrogens (tertiary/aromatic N) is 2. The van der Waals surface area contributed by atoms with Gasteiger partial charge < -0.3 is 20.7 Å². The second-order valence-electron chi connectivity index (χ2n) is 8.70. The Kier molecular flexibility index (Phi) is 6.77. The number of pyridine rings is 1. The molecule has 7 nitrogen and oxygen atoms in total. The van der Waals surface area contributed by atoms with Crippen LogP contribution in [0.3, 0.4) is 0 Å². The number of carbonyl (C=O) groups excluding carboxylic acids is 2. The SMILES string of the molecule is CC(C)(C)OC(=O)Cc1cc(F)ccc1NC(=O)c1cnc(N2CCCCC2)c(N)c1. The Balaban J connectivity index is 1.75. The van der Waals surface area contributed by atoms with Gasteiger partial charge in [0.05, 0.1) is 17.7 Å². The number of nitrogens with one attached hydrogen (secondary N) is 1. The van der Waals surface area contributed by atoms with E-state index in [9.17, 15) is 14.0 Å². The number of anilines is 3. The molecule has 1 aromatic heterocycles. The van der Waals surface area contributed by atoms with Crippen LogP contribution in [0.5, 0.6) is 0 Å². The predicted molar refractivity (Wildman–Crippen MR) is 119 cm³/mol. The monoisotopic (exact) mass is 428 g/mol. The maximum absolute atomic E-state index is 13.8. The van der Waals surface area contributed by atoms with E-state index in [0.717, 1.165) is 25.9 Å². The minimum absolute atomic E-state index is 0.168. The van der Waals surface area contributed by atoms with E-state index < -0.39 is 23.3 Å². The van der Waals surface area contributed by atoms with Gasteiger partial charge in [0, 0.05) is 25.0 Å². The van der Waals surface area contributed by atoms with Crippen LogP contribution >= 0.6 is 0 Å². The number of nitrogen functional groups attached to an aromatic ring is 1. The molecule has 1 amide bonds. The molecule has 2 aromatic rings. The van der Waals surface area contributed by atoms with E-state index in [1.54, 1.807) is 26.8 Å². The third-order valence-electron chi connectivity index (χ3n) is 4.88. The molecule has 1 aliphatic rings. The summed E-state index contributed by atoms with van der Waals surface area (Å²) in [5, 5.41) is 2.73. The highest BCUT2D eigenvalue weighted by Crippen LogP contribution is 2.26. The Morgan fingerprint density at radius 1 is 1.19 bits per heavy atom. The van der Waals surface area contributed by atoms with Crippen molar-refractivity contribution in [1.29, 1.82) is 0 Å². The van der Waals surface area contributed by atoms with Crippen LogP contribution in [0.1, 0.15) is 56.0 Å². The molecule has 8 heteroatoms. The first-order valence-corrected chi connectivity index (χ1v) is 10.4. The van der Waals surface area contributed by atoms with Gasteiger partial charge in [-0.25, -0.2) is 9.37 Å². The molecule has 1 aromatic carbocycles. The van der Waals surface area contributed by atoms with Gasteiger partial charge in [0.1, 0.15) is 11.4 Å². The summed E-state index contributed by atoms with van der Waals surface area (Å²) in [6, 6.07) is 5.45. The number of hydrogen-bond donors (Lipinski definition) is 2. The first kappa shape index (κ1) is 22.5. The Bertz CT molecular complexity index is 966. The molecule has 0 aliphatic carbocycles. The lowest BCUT2D eigenvalue weighted by Crippen LogP contribution is -2.31. The molecule has 0 bridgehead atoms. The van der Waals surface area contributed by atoms with Crippen LogP contribution < -0.4 is 16.0 Å². The van der Waals surface area contributed by atoms with Crippen LogP contribution in [-0.4, -0.2) is 35.6 Å². The minimum Gasteiger partial charge on any atom is -0.460 e. The number of carbonyl (C=O) groups is 2. The van der Waals surface area contributed by atoms with E-state index in [-0.39, 0.29) is 12.0 Å². The fraction of sp³-hybridized carbons (Fsp3) is 0.435. The van der Waals surface area contributed by atoms with Crippen molar-refractivity contribution in [2.45, 2.75) is 52.1 Å². The lowest BCUT2D eigenvalue weighted by molar-refractivity contribution is -0.153. The minimum atomic E-state index is -0.660. The molecular formula is C23H29FN4O3. The molecule has 3 N–H and O–H groups in total. The quantitative estimate of drug-likeness (QED) is 0.701. The standard InChI is InChI=1S/C23H29FN4O3/c1-23(2,3)31-20(29)13-15-11-17(24)7-8-19(15)27-22(30)16-12-18(25)21(26-14-16)28-9-5-4-6-10-28/h7-8,11-12,14H,4-6,9-10,13,25H2,1-3H3,(H,27,30). The maximum Gasteiger partial charge on any atom is 0.310 e. The lowest BCUT2D eigenvalue weighted by Gasteiger charge is -2.28. The number of aromatic nitrogens is 1. The fourth-order valence-electron chi connectivity index (χ4n) is 3.53. The number of hydrogen-bond acceptors (Lipinski definition) is 6. The van der Waals surface area contributed by atoms with Gasteiger partial charge in [-0.15, -0.1) is 0 Å². The van der Waals surface area contributed by atoms with Crippen molar-refractivity contribution in [3.8, 4) is 0 Å². The summed E-state index contributed by atoms with van der Waals surface area (Å²) in [5.74, 6) is -0.774. The van der Waals surface area contributed by atoms with E-state index in [0.29, 0.717) is 22.8 Å². The first-order valence-electron chi connectivity index (χ1n) is 10.4. The third kappa shape index (κ3) is 6.16. The number of ether oxygens (including phenoxy) is 1. The summed E-state index contributed by atoms with van der Waals surface area (Å²) >= 11 is 0. The summed E-state index contributed by atoms with van der Waals surface area (Å²) in [5.41, 5.74) is 6.88. The van der Waals surface area contributed by atoms with E-state index in [2.05, 4.69) is 15.2 Å². The molecule has 1 aliphatic heterocycles. The number of halogens is 1. The summed E-state index contributed by atoms with van der Waals surface area (Å²) < 4.78 is 19.1. The summed E-state index contributed by atoms with van der Waals surface area (Å²) in [4.78, 5) is 31.5. The molecule has 3 rings (SSSR count). The van der Waals surface area contributed by atoms with Gasteiger partial charge >= 0.3 is 5.97 Å². The highest BCUT2D eigenvalue weighted by atomic mass is 19.1. The fourth-order valence-corrected chi connectivity index (χ4v) is 3.53. The van der Waals surface area contributed by atoms with Gasteiger partial charge in [0.25, 0.3) is 5.91 Å². The summed E-state index contributed by atoms with van der Waals surface area (Å²) in [6.07, 6.45) is 4.69. The van der Waals surface area contributed by atoms with Crippen LogP contribution in [0.4, 0.5) is 21.6 Å². The zero-order valence-electron chi connectivity index (χ0n) is 18.2. The smallest absolute Gasteiger partial charge is 0.310 e. The molecule has 0 saturated carbocycles. The number of esters is 1. The van der Waals surface area contributed by atoms with E-state index >= 15 is 0 Å². The molecule has 166 valence electrons. The number of piperidine rings is 1. The molecular weight excluding hydrogens is 399 g/mol. The highest BCUT2D eigenvalue weighted by molar-refractivity contribution is 6.05. The maximum atomic E-state index is 13.8. The molecule has 1 saturated heterocycles. The van der Waals surface area contributed by atoms with Crippen LogP contribution in [0.25, 0.3) is 0 Å². The Morgan fingerprint density at radius 2 is 1.90 bits per heavy atom. The normalized spacial score (nSPS) is 14.3. The van der Waals surface area contributed by atoms with Gasteiger partial charge in [-0.1, -0.05) is 0 Å². The van der Waals surface area contributed by atoms with E-state index in [1.165, 1.54) is 30.8 Å². The van der Waals surface area contributed by atoms with Crippen molar-refractivity contribution in [2.24, 2.45) is 0 Å². The summed E-state index contributed by atoms with van der Waals surface area (Å²) in [7, 11) is 0. The van der Waals surface area contributed by atoms with Crippen molar-refractivity contribution >= 4 is 29.1 Å². The average molecular weight is 429 g/mol. The van der Waals surface area contributed by atoms with Gasteiger partial charge in [-0.2, -0.15) is 0 Å². The Labute approximate surface area is 181 Å². The van der Waals surface area contributed by atoms with Crippen molar-refractivity contribution in [3.63, 3.8) is 0 Å². The second kappa shape index (κ2) is 9.32. The van der Waals surface area contributed by atoms with Gasteiger partial charge in [-0.05, 0) is 69.9 Å². The van der Waals surface area contributed by atoms with Crippen LogP contribution in [0, 0.1) is 5.82 Å². The zero-order valence-corrected chi connectivity index (χ0v) is 18.2. The lowest BCUT2D eigenvalue weighted by atomic mass is 10.1. The van der Waals surface area contributed by atoms with Crippen LogP contribution in [0.2, 0.25) is 0 Å². The number of benzene rings is 1. The number of nitrogens with two attached hydrogens (primary N) is 1. The molecule has 0 spiro atoms. The van der Waals surface area contributed by atoms with Gasteiger partial charge in [-0.3, -0.25) is 9.59 Å². The topological polar surface area (TPSA) is 97.5 Å². The van der Waals surface area contributed by atoms with Crippen molar-refractivity contribution < 1.29 is 18.7 Å². The van der Waals surface area contributed by atoms with Gasteiger partial charge in [0.15, 0.2) is 5.82 Å². The second-order valence-corrected chi connectivity index (χ2v) is 8.70. The van der Waals surface area contributed by atoms with Crippen molar-refractivity contribution in [1.82, 2.24) is 4.98 Å². The van der Waals surface area contributed by atoms with Crippen LogP contribution in [0.15, 0.2) is 30.5 Å². The van der Waals surface area contributed by atoms with Crippen LogP contribution in [-0.2, 0) is 16.0 Å². The Morgan fingerprint density at radius 3 is 2.55 bits per heavy atom. The molecule has 1 fully saturated rings. The Hall–Kier alpha value is -3.16. The van der Waals surface area contributed by atoms with Gasteiger partial charge in [0.2, 0.25) is 0 Å². The number of amides is 1. The van der Waals surface area contributed by atoms with Crippen molar-refractivity contribution in [2.75, 3.05) is 29.0 Å². The van der Waals surface area contributed by atoms with Crippen molar-refractivity contribution in [3.05, 3.63) is 47.4 Å². The number of rotatable bonds is 5. The zero-order chi connectivity index (χ0) is 22.6. The largest absolute Gasteiger partial charge is 0.460 e. The molecule has 2 heterocycles. The average Bonchev–Trinajstić information content (AvgIpc) is 2.69. The predicted octanol–water partition coefficient (Wildman–Crippen LogP) is 3.93. The molecule has 0 unspecified atom stereocenters.